The standard InChI is InChI=1S/C15H10F2N4O3/c16-15(17)24-13-3-1-2-10(8-13)14(22)23-12-6-4-11(5-7-12)21-9-18-19-20-21/h1-9,15H. The van der Waals surface area contributed by atoms with Crippen molar-refractivity contribution in [2.45, 2.75) is 6.61 Å². The lowest BCUT2D eigenvalue weighted by atomic mass is 10.2. The normalized spacial score (nSPS) is 10.6. The van der Waals surface area contributed by atoms with Crippen molar-refractivity contribution < 1.29 is 23.0 Å². The Morgan fingerprint density at radius 3 is 2.54 bits per heavy atom. The Morgan fingerprint density at radius 1 is 1.08 bits per heavy atom. The highest BCUT2D eigenvalue weighted by atomic mass is 19.3. The molecule has 0 fully saturated rings. The van der Waals surface area contributed by atoms with Crippen molar-refractivity contribution in [3.8, 4) is 17.2 Å². The zero-order chi connectivity index (χ0) is 16.9. The second-order valence-corrected chi connectivity index (χ2v) is 4.54. The van der Waals surface area contributed by atoms with E-state index in [4.69, 9.17) is 4.74 Å². The quantitative estimate of drug-likeness (QED) is 0.527. The second-order valence-electron chi connectivity index (χ2n) is 4.54. The molecule has 0 aliphatic heterocycles. The molecule has 9 heteroatoms. The van der Waals surface area contributed by atoms with E-state index in [9.17, 15) is 13.6 Å². The summed E-state index contributed by atoms with van der Waals surface area (Å²) in [5, 5.41) is 10.8. The Morgan fingerprint density at radius 2 is 1.88 bits per heavy atom. The van der Waals surface area contributed by atoms with Gasteiger partial charge in [0.05, 0.1) is 11.3 Å². The van der Waals surface area contributed by atoms with Crippen molar-refractivity contribution in [2.75, 3.05) is 0 Å². The summed E-state index contributed by atoms with van der Waals surface area (Å²) in [6.07, 6.45) is 1.43. The van der Waals surface area contributed by atoms with E-state index in [1.807, 2.05) is 0 Å². The number of hydrogen-bond acceptors (Lipinski definition) is 6. The zero-order valence-electron chi connectivity index (χ0n) is 12.0. The van der Waals surface area contributed by atoms with Gasteiger partial charge in [-0.1, -0.05) is 6.07 Å². The average molecular weight is 332 g/mol. The number of carbonyl (C=O) groups excluding carboxylic acids is 1. The van der Waals surface area contributed by atoms with Gasteiger partial charge < -0.3 is 9.47 Å². The number of hydrogen-bond donors (Lipinski definition) is 0. The maximum Gasteiger partial charge on any atom is 0.387 e. The van der Waals surface area contributed by atoms with Gasteiger partial charge in [0.15, 0.2) is 0 Å². The number of esters is 1. The first-order valence-electron chi connectivity index (χ1n) is 6.72. The molecule has 0 aliphatic rings. The molecule has 0 unspecified atom stereocenters. The van der Waals surface area contributed by atoms with Gasteiger partial charge in [-0.3, -0.25) is 0 Å². The molecule has 0 atom stereocenters. The number of nitrogens with zero attached hydrogens (tertiary/aromatic N) is 4. The molecule has 0 amide bonds. The summed E-state index contributed by atoms with van der Waals surface area (Å²) >= 11 is 0. The van der Waals surface area contributed by atoms with Crippen LogP contribution in [0.5, 0.6) is 11.5 Å². The number of ether oxygens (including phenoxy) is 2. The van der Waals surface area contributed by atoms with Crippen LogP contribution < -0.4 is 9.47 Å². The molecule has 0 bridgehead atoms. The van der Waals surface area contributed by atoms with E-state index in [1.165, 1.54) is 35.3 Å². The number of rotatable bonds is 5. The summed E-state index contributed by atoms with van der Waals surface area (Å²) < 4.78 is 35.3. The molecule has 1 heterocycles. The molecule has 122 valence electrons. The highest BCUT2D eigenvalue weighted by molar-refractivity contribution is 5.91. The monoisotopic (exact) mass is 332 g/mol. The molecule has 3 rings (SSSR count). The van der Waals surface area contributed by atoms with Crippen molar-refractivity contribution in [2.24, 2.45) is 0 Å². The number of carbonyl (C=O) groups is 1. The highest BCUT2D eigenvalue weighted by Gasteiger charge is 2.12. The number of halogens is 2. The molecule has 0 saturated carbocycles. The topological polar surface area (TPSA) is 79.1 Å². The molecule has 2 aromatic carbocycles. The maximum atomic E-state index is 12.2. The van der Waals surface area contributed by atoms with Crippen molar-refractivity contribution in [3.05, 3.63) is 60.4 Å². The van der Waals surface area contributed by atoms with E-state index in [2.05, 4.69) is 20.3 Å². The van der Waals surface area contributed by atoms with Crippen LogP contribution in [-0.2, 0) is 0 Å². The first-order chi connectivity index (χ1) is 11.6. The number of tetrazole rings is 1. The number of benzene rings is 2. The first kappa shape index (κ1) is 15.5. The van der Waals surface area contributed by atoms with Crippen molar-refractivity contribution in [1.82, 2.24) is 20.2 Å². The fourth-order valence-corrected chi connectivity index (χ4v) is 1.91. The van der Waals surface area contributed by atoms with Crippen molar-refractivity contribution in [3.63, 3.8) is 0 Å². The smallest absolute Gasteiger partial charge is 0.387 e. The molecule has 0 spiro atoms. The van der Waals surface area contributed by atoms with Gasteiger partial charge >= 0.3 is 12.6 Å². The second kappa shape index (κ2) is 6.82. The summed E-state index contributed by atoms with van der Waals surface area (Å²) in [7, 11) is 0. The third-order valence-electron chi connectivity index (χ3n) is 2.96. The van der Waals surface area contributed by atoms with Gasteiger partial charge in [-0.2, -0.15) is 8.78 Å². The molecule has 0 saturated heterocycles. The summed E-state index contributed by atoms with van der Waals surface area (Å²) in [4.78, 5) is 12.1. The molecule has 3 aromatic rings. The van der Waals surface area contributed by atoms with Crippen molar-refractivity contribution in [1.29, 1.82) is 0 Å². The Labute approximate surface area is 134 Å². The van der Waals surface area contributed by atoms with Crippen LogP contribution >= 0.6 is 0 Å². The molecular formula is C15H10F2N4O3. The summed E-state index contributed by atoms with van der Waals surface area (Å²) in [6, 6.07) is 11.8. The summed E-state index contributed by atoms with van der Waals surface area (Å²) in [6.45, 7) is -2.96. The minimum Gasteiger partial charge on any atom is -0.435 e. The molecular weight excluding hydrogens is 322 g/mol. The predicted molar refractivity (Wildman–Crippen MR) is 77.2 cm³/mol. The van der Waals surface area contributed by atoms with E-state index in [1.54, 1.807) is 24.3 Å². The van der Waals surface area contributed by atoms with Crippen LogP contribution in [0, 0.1) is 0 Å². The van der Waals surface area contributed by atoms with Crippen LogP contribution in [0.4, 0.5) is 8.78 Å². The lowest BCUT2D eigenvalue weighted by molar-refractivity contribution is -0.0499. The molecule has 24 heavy (non-hydrogen) atoms. The average Bonchev–Trinajstić information content (AvgIpc) is 3.09. The number of alkyl halides is 2. The fourth-order valence-electron chi connectivity index (χ4n) is 1.91. The Kier molecular flexibility index (Phi) is 4.41. The van der Waals surface area contributed by atoms with Gasteiger partial charge in [0, 0.05) is 0 Å². The van der Waals surface area contributed by atoms with Crippen LogP contribution in [0.25, 0.3) is 5.69 Å². The van der Waals surface area contributed by atoms with E-state index >= 15 is 0 Å². The Bertz CT molecular complexity index is 823. The SMILES string of the molecule is O=C(Oc1ccc(-n2cnnn2)cc1)c1cccc(OC(F)F)c1. The molecule has 0 radical (unpaired) electrons. The minimum atomic E-state index is -2.96. The van der Waals surface area contributed by atoms with Gasteiger partial charge in [-0.05, 0) is 52.9 Å². The Balaban J connectivity index is 1.70. The van der Waals surface area contributed by atoms with Crippen LogP contribution in [0.15, 0.2) is 54.9 Å². The molecule has 0 aliphatic carbocycles. The minimum absolute atomic E-state index is 0.0951. The highest BCUT2D eigenvalue weighted by Crippen LogP contribution is 2.19. The van der Waals surface area contributed by atoms with Crippen LogP contribution in [0.2, 0.25) is 0 Å². The van der Waals surface area contributed by atoms with Crippen LogP contribution in [-0.4, -0.2) is 32.8 Å². The third-order valence-corrected chi connectivity index (χ3v) is 2.96. The van der Waals surface area contributed by atoms with E-state index in [0.29, 0.717) is 5.69 Å². The lowest BCUT2D eigenvalue weighted by Gasteiger charge is -2.08. The van der Waals surface area contributed by atoms with Gasteiger partial charge in [-0.15, -0.1) is 5.10 Å². The fraction of sp³-hybridized carbons (Fsp3) is 0.0667. The van der Waals surface area contributed by atoms with E-state index in [-0.39, 0.29) is 17.1 Å². The van der Waals surface area contributed by atoms with Gasteiger partial charge in [0.2, 0.25) is 0 Å². The molecule has 0 N–H and O–H groups in total. The van der Waals surface area contributed by atoms with Crippen LogP contribution in [0.1, 0.15) is 10.4 Å². The maximum absolute atomic E-state index is 12.2. The van der Waals surface area contributed by atoms with Crippen molar-refractivity contribution >= 4 is 5.97 Å². The Hall–Kier alpha value is -3.36. The van der Waals surface area contributed by atoms with E-state index < -0.39 is 12.6 Å². The third kappa shape index (κ3) is 3.69. The summed E-state index contributed by atoms with van der Waals surface area (Å²) in [5.41, 5.74) is 0.782. The van der Waals surface area contributed by atoms with Crippen LogP contribution in [0.3, 0.4) is 0 Å². The van der Waals surface area contributed by atoms with E-state index in [0.717, 1.165) is 0 Å². The van der Waals surface area contributed by atoms with Gasteiger partial charge in [-0.25, -0.2) is 9.48 Å². The zero-order valence-corrected chi connectivity index (χ0v) is 12.0. The largest absolute Gasteiger partial charge is 0.435 e. The predicted octanol–water partition coefficient (Wildman–Crippen LogP) is 2.48. The lowest BCUT2D eigenvalue weighted by Crippen LogP contribution is -2.09. The summed E-state index contributed by atoms with van der Waals surface area (Å²) in [5.74, 6) is -0.518. The van der Waals surface area contributed by atoms with Gasteiger partial charge in [0.25, 0.3) is 0 Å². The number of aromatic nitrogens is 4. The van der Waals surface area contributed by atoms with Gasteiger partial charge in [0.1, 0.15) is 17.8 Å². The molecule has 7 nitrogen and oxygen atoms in total. The molecule has 1 aromatic heterocycles. The first-order valence-corrected chi connectivity index (χ1v) is 6.72.